The number of sulfonamides is 1. The Balaban J connectivity index is 0.00000450. The highest BCUT2D eigenvalue weighted by Gasteiger charge is 2.26. The van der Waals surface area contributed by atoms with E-state index in [0.717, 1.165) is 19.4 Å². The Labute approximate surface area is 197 Å². The van der Waals surface area contributed by atoms with Gasteiger partial charge in [0.15, 0.2) is 5.96 Å². The van der Waals surface area contributed by atoms with E-state index in [1.165, 1.54) is 0 Å². The standard InChI is InChI=1S/C20H33N5O3S.HI/c1-20(2,3)24-29(27,28)17-10-6-5-9-16(17)13-23-19(22-4)25-11-7-8-15(14-25)12-18(21)26;/h5-6,9-10,15,24H,7-8,11-14H2,1-4H3,(H2,21,26)(H,22,23);1H. The zero-order valence-electron chi connectivity index (χ0n) is 18.1. The van der Waals surface area contributed by atoms with Gasteiger partial charge >= 0.3 is 0 Å². The van der Waals surface area contributed by atoms with Gasteiger partial charge in [-0.15, -0.1) is 24.0 Å². The molecule has 1 fully saturated rings. The first-order chi connectivity index (χ1) is 13.5. The Morgan fingerprint density at radius 2 is 1.97 bits per heavy atom. The van der Waals surface area contributed by atoms with Crippen LogP contribution in [0.1, 0.15) is 45.6 Å². The van der Waals surface area contributed by atoms with Gasteiger partial charge in [0, 0.05) is 38.6 Å². The highest BCUT2D eigenvalue weighted by Crippen LogP contribution is 2.20. The molecule has 0 bridgehead atoms. The lowest BCUT2D eigenvalue weighted by Gasteiger charge is -2.34. The number of nitrogens with two attached hydrogens (primary N) is 1. The van der Waals surface area contributed by atoms with E-state index in [0.29, 0.717) is 31.0 Å². The van der Waals surface area contributed by atoms with E-state index in [2.05, 4.69) is 19.9 Å². The molecular weight excluding hydrogens is 517 g/mol. The predicted octanol–water partition coefficient (Wildman–Crippen LogP) is 2.04. The number of rotatable bonds is 6. The molecule has 1 aromatic rings. The van der Waals surface area contributed by atoms with Crippen molar-refractivity contribution in [3.05, 3.63) is 29.8 Å². The van der Waals surface area contributed by atoms with Crippen molar-refractivity contribution in [2.24, 2.45) is 16.6 Å². The van der Waals surface area contributed by atoms with Gasteiger partial charge in [-0.05, 0) is 51.2 Å². The lowest BCUT2D eigenvalue weighted by molar-refractivity contribution is -0.119. The van der Waals surface area contributed by atoms with Crippen molar-refractivity contribution in [1.29, 1.82) is 0 Å². The Morgan fingerprint density at radius 1 is 1.30 bits per heavy atom. The maximum atomic E-state index is 12.8. The number of hydrogen-bond donors (Lipinski definition) is 3. The van der Waals surface area contributed by atoms with Crippen molar-refractivity contribution in [2.75, 3.05) is 20.1 Å². The van der Waals surface area contributed by atoms with Crippen LogP contribution in [-0.4, -0.2) is 50.9 Å². The molecular formula is C20H34IN5O3S. The summed E-state index contributed by atoms with van der Waals surface area (Å²) in [6.45, 7) is 7.30. The van der Waals surface area contributed by atoms with Crippen LogP contribution in [0.15, 0.2) is 34.2 Å². The number of primary amides is 1. The normalized spacial score (nSPS) is 17.9. The molecule has 170 valence electrons. The van der Waals surface area contributed by atoms with Crippen LogP contribution in [0.25, 0.3) is 0 Å². The topological polar surface area (TPSA) is 117 Å². The van der Waals surface area contributed by atoms with Crippen molar-refractivity contribution in [3.63, 3.8) is 0 Å². The SMILES string of the molecule is CN=C(NCc1ccccc1S(=O)(=O)NC(C)(C)C)N1CCCC(CC(N)=O)C1.I. The summed E-state index contributed by atoms with van der Waals surface area (Å²) in [6.07, 6.45) is 2.29. The molecule has 1 amide bonds. The molecule has 2 rings (SSSR count). The van der Waals surface area contributed by atoms with Crippen LogP contribution >= 0.6 is 24.0 Å². The van der Waals surface area contributed by atoms with Crippen LogP contribution in [0.5, 0.6) is 0 Å². The number of piperidine rings is 1. The van der Waals surface area contributed by atoms with E-state index in [-0.39, 0.29) is 40.7 Å². The molecule has 10 heteroatoms. The maximum Gasteiger partial charge on any atom is 0.241 e. The molecule has 1 saturated heterocycles. The van der Waals surface area contributed by atoms with E-state index < -0.39 is 15.6 Å². The van der Waals surface area contributed by atoms with E-state index in [4.69, 9.17) is 5.73 Å². The summed E-state index contributed by atoms with van der Waals surface area (Å²) in [7, 11) is -1.95. The number of benzene rings is 1. The van der Waals surface area contributed by atoms with Gasteiger partial charge in [0.25, 0.3) is 0 Å². The van der Waals surface area contributed by atoms with Crippen molar-refractivity contribution >= 4 is 45.9 Å². The van der Waals surface area contributed by atoms with Crippen LogP contribution in [0, 0.1) is 5.92 Å². The monoisotopic (exact) mass is 551 g/mol. The summed E-state index contributed by atoms with van der Waals surface area (Å²) in [4.78, 5) is 17.9. The van der Waals surface area contributed by atoms with Crippen molar-refractivity contribution in [3.8, 4) is 0 Å². The van der Waals surface area contributed by atoms with Gasteiger partial charge in [0.2, 0.25) is 15.9 Å². The van der Waals surface area contributed by atoms with E-state index in [1.807, 2.05) is 26.8 Å². The van der Waals surface area contributed by atoms with Crippen LogP contribution in [0.4, 0.5) is 0 Å². The van der Waals surface area contributed by atoms with Crippen LogP contribution < -0.4 is 15.8 Å². The molecule has 0 aliphatic carbocycles. The van der Waals surface area contributed by atoms with E-state index >= 15 is 0 Å². The van der Waals surface area contributed by atoms with Crippen LogP contribution in [0.2, 0.25) is 0 Å². The van der Waals surface area contributed by atoms with E-state index in [1.54, 1.807) is 25.2 Å². The van der Waals surface area contributed by atoms with Gasteiger partial charge in [0.1, 0.15) is 0 Å². The summed E-state index contributed by atoms with van der Waals surface area (Å²) < 4.78 is 28.3. The Bertz CT molecular complexity index is 852. The summed E-state index contributed by atoms with van der Waals surface area (Å²) >= 11 is 0. The highest BCUT2D eigenvalue weighted by molar-refractivity contribution is 14.0. The summed E-state index contributed by atoms with van der Waals surface area (Å²) in [5, 5.41) is 3.27. The molecule has 1 aliphatic rings. The number of nitrogens with zero attached hydrogens (tertiary/aromatic N) is 2. The van der Waals surface area contributed by atoms with Gasteiger partial charge in [0.05, 0.1) is 4.90 Å². The Kier molecular flexibility index (Phi) is 10.0. The third-order valence-electron chi connectivity index (χ3n) is 4.66. The number of halogens is 1. The Hall–Kier alpha value is -1.40. The largest absolute Gasteiger partial charge is 0.370 e. The minimum Gasteiger partial charge on any atom is -0.370 e. The summed E-state index contributed by atoms with van der Waals surface area (Å²) in [6, 6.07) is 6.94. The fraction of sp³-hybridized carbons (Fsp3) is 0.600. The molecule has 1 atom stereocenters. The third-order valence-corrected chi connectivity index (χ3v) is 6.52. The number of aliphatic imine (C=N–C) groups is 1. The van der Waals surface area contributed by atoms with Gasteiger partial charge < -0.3 is 16.0 Å². The second-order valence-corrected chi connectivity index (χ2v) is 10.1. The molecule has 1 aromatic carbocycles. The Morgan fingerprint density at radius 3 is 2.57 bits per heavy atom. The number of guanidine groups is 1. The minimum atomic E-state index is -3.65. The number of carbonyl (C=O) groups excluding carboxylic acids is 1. The molecule has 0 saturated carbocycles. The number of carbonyl (C=O) groups is 1. The van der Waals surface area contributed by atoms with Gasteiger partial charge in [-0.3, -0.25) is 9.79 Å². The third kappa shape index (κ3) is 8.03. The van der Waals surface area contributed by atoms with Crippen molar-refractivity contribution < 1.29 is 13.2 Å². The highest BCUT2D eigenvalue weighted by atomic mass is 127. The molecule has 0 aromatic heterocycles. The first-order valence-corrected chi connectivity index (χ1v) is 11.4. The average Bonchev–Trinajstić information content (AvgIpc) is 2.60. The molecule has 0 spiro atoms. The van der Waals surface area contributed by atoms with Crippen LogP contribution in [-0.2, 0) is 21.4 Å². The molecule has 1 heterocycles. The van der Waals surface area contributed by atoms with Gasteiger partial charge in [-0.2, -0.15) is 0 Å². The van der Waals surface area contributed by atoms with Crippen molar-refractivity contribution in [1.82, 2.24) is 14.9 Å². The fourth-order valence-electron chi connectivity index (χ4n) is 3.59. The van der Waals surface area contributed by atoms with Crippen molar-refractivity contribution in [2.45, 2.75) is 57.0 Å². The first kappa shape index (κ1) is 26.6. The average molecular weight is 551 g/mol. The number of amides is 1. The number of hydrogen-bond acceptors (Lipinski definition) is 4. The molecule has 1 aliphatic heterocycles. The maximum absolute atomic E-state index is 12.8. The zero-order chi connectivity index (χ0) is 21.7. The smallest absolute Gasteiger partial charge is 0.241 e. The second-order valence-electron chi connectivity index (χ2n) is 8.49. The minimum absolute atomic E-state index is 0. The zero-order valence-corrected chi connectivity index (χ0v) is 21.3. The molecule has 4 N–H and O–H groups in total. The number of nitrogens with one attached hydrogen (secondary N) is 2. The second kappa shape index (κ2) is 11.3. The molecule has 30 heavy (non-hydrogen) atoms. The van der Waals surface area contributed by atoms with Crippen LogP contribution in [0.3, 0.4) is 0 Å². The quantitative estimate of drug-likeness (QED) is 0.284. The lowest BCUT2D eigenvalue weighted by Crippen LogP contribution is -2.47. The lowest BCUT2D eigenvalue weighted by atomic mass is 9.95. The van der Waals surface area contributed by atoms with E-state index in [9.17, 15) is 13.2 Å². The molecule has 0 radical (unpaired) electrons. The first-order valence-electron chi connectivity index (χ1n) is 9.87. The fourth-order valence-corrected chi connectivity index (χ4v) is 5.24. The number of likely N-dealkylation sites (tertiary alicyclic amines) is 1. The molecule has 8 nitrogen and oxygen atoms in total. The molecule has 1 unspecified atom stereocenters. The van der Waals surface area contributed by atoms with Gasteiger partial charge in [-0.1, -0.05) is 18.2 Å². The summed E-state index contributed by atoms with van der Waals surface area (Å²) in [5.74, 6) is 0.615. The predicted molar refractivity (Wildman–Crippen MR) is 130 cm³/mol. The van der Waals surface area contributed by atoms with Gasteiger partial charge in [-0.25, -0.2) is 13.1 Å². The summed E-state index contributed by atoms with van der Waals surface area (Å²) in [5.41, 5.74) is 5.44.